The first kappa shape index (κ1) is 15.4. The molecule has 2 aromatic carbocycles. The predicted octanol–water partition coefficient (Wildman–Crippen LogP) is 4.28. The fraction of sp³-hybridized carbons (Fsp3) is 0.250. The van der Waals surface area contributed by atoms with Crippen molar-refractivity contribution in [3.63, 3.8) is 0 Å². The van der Waals surface area contributed by atoms with E-state index >= 15 is 0 Å². The van der Waals surface area contributed by atoms with Crippen molar-refractivity contribution >= 4 is 0 Å². The van der Waals surface area contributed by atoms with Crippen molar-refractivity contribution in [2.75, 3.05) is 0 Å². The molecule has 0 fully saturated rings. The molecule has 1 atom stereocenters. The molecule has 0 saturated carbocycles. The first-order valence-corrected chi connectivity index (χ1v) is 6.37. The summed E-state index contributed by atoms with van der Waals surface area (Å²) in [5.74, 6) is -0.306. The Bertz CT molecular complexity index is 618. The van der Waals surface area contributed by atoms with Gasteiger partial charge in [0.05, 0.1) is 0 Å². The molecule has 0 heterocycles. The maximum atomic E-state index is 12.1. The monoisotopic (exact) mass is 296 g/mol. The molecule has 0 aromatic heterocycles. The van der Waals surface area contributed by atoms with Crippen LogP contribution in [0.3, 0.4) is 0 Å². The van der Waals surface area contributed by atoms with E-state index in [4.69, 9.17) is 0 Å². The number of aryl methyl sites for hydroxylation is 2. The van der Waals surface area contributed by atoms with Gasteiger partial charge in [-0.2, -0.15) is 0 Å². The Kier molecular flexibility index (Phi) is 4.23. The molecule has 0 radical (unpaired) electrons. The molecule has 5 heteroatoms. The molecule has 0 amide bonds. The molecule has 0 aliphatic rings. The van der Waals surface area contributed by atoms with Crippen molar-refractivity contribution in [1.82, 2.24) is 0 Å². The average molecular weight is 296 g/mol. The van der Waals surface area contributed by atoms with Crippen LogP contribution in [0.15, 0.2) is 42.5 Å². The molecular weight excluding hydrogens is 281 g/mol. The predicted molar refractivity (Wildman–Crippen MR) is 73.1 cm³/mol. The van der Waals surface area contributed by atoms with E-state index in [1.54, 1.807) is 0 Å². The second-order valence-electron chi connectivity index (χ2n) is 4.88. The summed E-state index contributed by atoms with van der Waals surface area (Å²) in [5.41, 5.74) is 3.25. The zero-order chi connectivity index (χ0) is 15.6. The lowest BCUT2D eigenvalue weighted by molar-refractivity contribution is -0.274. The largest absolute Gasteiger partial charge is 0.573 e. The van der Waals surface area contributed by atoms with E-state index < -0.39 is 12.5 Å². The van der Waals surface area contributed by atoms with E-state index in [9.17, 15) is 18.3 Å². The van der Waals surface area contributed by atoms with E-state index in [0.717, 1.165) is 16.7 Å². The van der Waals surface area contributed by atoms with E-state index in [-0.39, 0.29) is 5.75 Å². The second kappa shape index (κ2) is 5.77. The van der Waals surface area contributed by atoms with Gasteiger partial charge in [-0.05, 0) is 42.7 Å². The number of hydrogen-bond donors (Lipinski definition) is 1. The summed E-state index contributed by atoms with van der Waals surface area (Å²) in [6.45, 7) is 3.83. The van der Waals surface area contributed by atoms with Crippen LogP contribution in [0.25, 0.3) is 0 Å². The molecule has 0 aliphatic carbocycles. The molecule has 0 spiro atoms. The summed E-state index contributed by atoms with van der Waals surface area (Å²) < 4.78 is 40.1. The molecule has 2 aromatic rings. The Morgan fingerprint density at radius 2 is 1.62 bits per heavy atom. The SMILES string of the molecule is Cc1ccc(C(O)c2ccc(OC(F)(F)F)cc2)c(C)c1. The summed E-state index contributed by atoms with van der Waals surface area (Å²) in [6, 6.07) is 10.9. The lowest BCUT2D eigenvalue weighted by atomic mass is 9.96. The molecule has 1 N–H and O–H groups in total. The molecule has 112 valence electrons. The number of aliphatic hydroxyl groups excluding tert-OH is 1. The van der Waals surface area contributed by atoms with Crippen LogP contribution < -0.4 is 4.74 Å². The summed E-state index contributed by atoms with van der Waals surface area (Å²) in [7, 11) is 0. The van der Waals surface area contributed by atoms with Crippen LogP contribution in [0.1, 0.15) is 28.4 Å². The Hall–Kier alpha value is -2.01. The van der Waals surface area contributed by atoms with Gasteiger partial charge in [0.2, 0.25) is 0 Å². The summed E-state index contributed by atoms with van der Waals surface area (Å²) in [5, 5.41) is 10.3. The summed E-state index contributed by atoms with van der Waals surface area (Å²) >= 11 is 0. The maximum absolute atomic E-state index is 12.1. The zero-order valence-electron chi connectivity index (χ0n) is 11.6. The van der Waals surface area contributed by atoms with Crippen LogP contribution in [0, 0.1) is 13.8 Å². The van der Waals surface area contributed by atoms with Crippen LogP contribution in [-0.4, -0.2) is 11.5 Å². The van der Waals surface area contributed by atoms with Crippen LogP contribution in [-0.2, 0) is 0 Å². The second-order valence-corrected chi connectivity index (χ2v) is 4.88. The van der Waals surface area contributed by atoms with Gasteiger partial charge in [-0.25, -0.2) is 0 Å². The van der Waals surface area contributed by atoms with Crippen molar-refractivity contribution in [2.45, 2.75) is 26.3 Å². The van der Waals surface area contributed by atoms with Gasteiger partial charge in [-0.1, -0.05) is 35.9 Å². The first-order chi connectivity index (χ1) is 9.76. The van der Waals surface area contributed by atoms with Gasteiger partial charge in [0.1, 0.15) is 11.9 Å². The fourth-order valence-electron chi connectivity index (χ4n) is 2.16. The standard InChI is InChI=1S/C16H15F3O2/c1-10-3-8-14(11(2)9-10)15(20)12-4-6-13(7-5-12)21-16(17,18)19/h3-9,15,20H,1-2H3. The molecule has 21 heavy (non-hydrogen) atoms. The number of halogens is 3. The van der Waals surface area contributed by atoms with Crippen molar-refractivity contribution in [3.8, 4) is 5.75 Å². The molecular formula is C16H15F3O2. The topological polar surface area (TPSA) is 29.5 Å². The van der Waals surface area contributed by atoms with Crippen molar-refractivity contribution in [2.24, 2.45) is 0 Å². The lowest BCUT2D eigenvalue weighted by Crippen LogP contribution is -2.17. The van der Waals surface area contributed by atoms with Crippen molar-refractivity contribution in [1.29, 1.82) is 0 Å². The smallest absolute Gasteiger partial charge is 0.406 e. The van der Waals surface area contributed by atoms with Gasteiger partial charge < -0.3 is 9.84 Å². The normalized spacial score (nSPS) is 13.0. The van der Waals surface area contributed by atoms with Crippen molar-refractivity contribution < 1.29 is 23.0 Å². The highest BCUT2D eigenvalue weighted by Crippen LogP contribution is 2.28. The number of benzene rings is 2. The lowest BCUT2D eigenvalue weighted by Gasteiger charge is -2.15. The average Bonchev–Trinajstić information content (AvgIpc) is 2.37. The Balaban J connectivity index is 2.22. The van der Waals surface area contributed by atoms with Crippen LogP contribution >= 0.6 is 0 Å². The molecule has 0 aliphatic heterocycles. The fourth-order valence-corrected chi connectivity index (χ4v) is 2.16. The van der Waals surface area contributed by atoms with Gasteiger partial charge in [-0.15, -0.1) is 13.2 Å². The Morgan fingerprint density at radius 3 is 2.14 bits per heavy atom. The minimum Gasteiger partial charge on any atom is -0.406 e. The van der Waals surface area contributed by atoms with Gasteiger partial charge in [-0.3, -0.25) is 0 Å². The van der Waals surface area contributed by atoms with E-state index in [2.05, 4.69) is 4.74 Å². The molecule has 0 bridgehead atoms. The minimum absolute atomic E-state index is 0.306. The minimum atomic E-state index is -4.71. The third-order valence-corrected chi connectivity index (χ3v) is 3.15. The third kappa shape index (κ3) is 3.98. The van der Waals surface area contributed by atoms with Gasteiger partial charge >= 0.3 is 6.36 Å². The molecule has 0 saturated heterocycles. The van der Waals surface area contributed by atoms with Crippen LogP contribution in [0.5, 0.6) is 5.75 Å². The van der Waals surface area contributed by atoms with E-state index in [0.29, 0.717) is 5.56 Å². The summed E-state index contributed by atoms with van der Waals surface area (Å²) in [6.07, 6.45) is -5.60. The number of hydrogen-bond acceptors (Lipinski definition) is 2. The maximum Gasteiger partial charge on any atom is 0.573 e. The zero-order valence-corrected chi connectivity index (χ0v) is 11.6. The van der Waals surface area contributed by atoms with E-state index in [1.165, 1.54) is 24.3 Å². The highest BCUT2D eigenvalue weighted by molar-refractivity contribution is 5.39. The van der Waals surface area contributed by atoms with E-state index in [1.807, 2.05) is 32.0 Å². The van der Waals surface area contributed by atoms with Gasteiger partial charge in [0.15, 0.2) is 0 Å². The molecule has 2 nitrogen and oxygen atoms in total. The number of rotatable bonds is 3. The summed E-state index contributed by atoms with van der Waals surface area (Å²) in [4.78, 5) is 0. The Morgan fingerprint density at radius 1 is 1.00 bits per heavy atom. The van der Waals surface area contributed by atoms with Gasteiger partial charge in [0.25, 0.3) is 0 Å². The highest BCUT2D eigenvalue weighted by Gasteiger charge is 2.31. The number of alkyl halides is 3. The highest BCUT2D eigenvalue weighted by atomic mass is 19.4. The van der Waals surface area contributed by atoms with Crippen molar-refractivity contribution in [3.05, 3.63) is 64.7 Å². The third-order valence-electron chi connectivity index (χ3n) is 3.15. The van der Waals surface area contributed by atoms with Crippen LogP contribution in [0.4, 0.5) is 13.2 Å². The first-order valence-electron chi connectivity index (χ1n) is 6.37. The Labute approximate surface area is 120 Å². The van der Waals surface area contributed by atoms with Gasteiger partial charge in [0, 0.05) is 0 Å². The molecule has 2 rings (SSSR count). The number of ether oxygens (including phenoxy) is 1. The quantitative estimate of drug-likeness (QED) is 0.916. The molecule has 1 unspecified atom stereocenters. The van der Waals surface area contributed by atoms with Crippen LogP contribution in [0.2, 0.25) is 0 Å². The number of aliphatic hydroxyl groups is 1.